The van der Waals surface area contributed by atoms with Crippen LogP contribution in [0.25, 0.3) is 0 Å². The Morgan fingerprint density at radius 1 is 1.25 bits per heavy atom. The lowest BCUT2D eigenvalue weighted by Gasteiger charge is -2.25. The maximum absolute atomic E-state index is 12.0. The molecule has 0 unspecified atom stereocenters. The zero-order chi connectivity index (χ0) is 14.8. The molecule has 0 bridgehead atoms. The SMILES string of the molecule is CC(C)S(=O)(=O)CCN(c1ccc(CN)cc1)C1CC1. The molecule has 0 spiro atoms. The highest BCUT2D eigenvalue weighted by Crippen LogP contribution is 2.31. The van der Waals surface area contributed by atoms with Gasteiger partial charge in [-0.3, -0.25) is 0 Å². The summed E-state index contributed by atoms with van der Waals surface area (Å²) in [6, 6.07) is 8.62. The molecule has 1 aromatic rings. The summed E-state index contributed by atoms with van der Waals surface area (Å²) in [5.74, 6) is 0.222. The highest BCUT2D eigenvalue weighted by molar-refractivity contribution is 7.92. The summed E-state index contributed by atoms with van der Waals surface area (Å²) in [7, 11) is -2.98. The van der Waals surface area contributed by atoms with E-state index in [0.29, 0.717) is 19.1 Å². The van der Waals surface area contributed by atoms with E-state index in [9.17, 15) is 8.42 Å². The van der Waals surface area contributed by atoms with Crippen molar-refractivity contribution >= 4 is 15.5 Å². The number of hydrogen-bond donors (Lipinski definition) is 1. The minimum Gasteiger partial charge on any atom is -0.368 e. The van der Waals surface area contributed by atoms with Crippen molar-refractivity contribution in [1.29, 1.82) is 0 Å². The highest BCUT2D eigenvalue weighted by atomic mass is 32.2. The zero-order valence-corrected chi connectivity index (χ0v) is 13.1. The van der Waals surface area contributed by atoms with Gasteiger partial charge in [-0.1, -0.05) is 12.1 Å². The molecule has 0 radical (unpaired) electrons. The molecule has 5 heteroatoms. The number of hydrogen-bond acceptors (Lipinski definition) is 4. The lowest BCUT2D eigenvalue weighted by Crippen LogP contribution is -2.33. The topological polar surface area (TPSA) is 63.4 Å². The molecule has 20 heavy (non-hydrogen) atoms. The van der Waals surface area contributed by atoms with E-state index in [1.165, 1.54) is 0 Å². The number of benzene rings is 1. The number of sulfone groups is 1. The number of rotatable bonds is 7. The maximum Gasteiger partial charge on any atom is 0.154 e. The van der Waals surface area contributed by atoms with Gasteiger partial charge in [0.1, 0.15) is 0 Å². The van der Waals surface area contributed by atoms with Gasteiger partial charge < -0.3 is 10.6 Å². The molecule has 0 aliphatic heterocycles. The summed E-state index contributed by atoms with van der Waals surface area (Å²) in [4.78, 5) is 2.22. The van der Waals surface area contributed by atoms with Crippen molar-refractivity contribution in [1.82, 2.24) is 0 Å². The summed E-state index contributed by atoms with van der Waals surface area (Å²) in [6.07, 6.45) is 2.31. The first-order valence-electron chi connectivity index (χ1n) is 7.21. The predicted octanol–water partition coefficient (Wildman–Crippen LogP) is 1.94. The van der Waals surface area contributed by atoms with E-state index in [2.05, 4.69) is 4.90 Å². The standard InChI is InChI=1S/C15H24N2O2S/c1-12(2)20(18,19)10-9-17(15-7-8-15)14-5-3-13(11-16)4-6-14/h3-6,12,15H,7-11,16H2,1-2H3. The molecule has 1 fully saturated rings. The van der Waals surface area contributed by atoms with Crippen LogP contribution in [0.3, 0.4) is 0 Å². The summed E-state index contributed by atoms with van der Waals surface area (Å²) in [5.41, 5.74) is 7.80. The van der Waals surface area contributed by atoms with Crippen molar-refractivity contribution in [3.63, 3.8) is 0 Å². The molecule has 4 nitrogen and oxygen atoms in total. The van der Waals surface area contributed by atoms with Gasteiger partial charge in [0, 0.05) is 24.8 Å². The van der Waals surface area contributed by atoms with E-state index in [0.717, 1.165) is 24.1 Å². The van der Waals surface area contributed by atoms with Gasteiger partial charge in [0.25, 0.3) is 0 Å². The normalized spacial score (nSPS) is 15.6. The molecule has 2 N–H and O–H groups in total. The monoisotopic (exact) mass is 296 g/mol. The average molecular weight is 296 g/mol. The molecular weight excluding hydrogens is 272 g/mol. The molecule has 0 heterocycles. The van der Waals surface area contributed by atoms with E-state index < -0.39 is 9.84 Å². The zero-order valence-electron chi connectivity index (χ0n) is 12.2. The maximum atomic E-state index is 12.0. The Bertz CT molecular complexity index is 533. The van der Waals surface area contributed by atoms with Crippen LogP contribution in [0, 0.1) is 0 Å². The van der Waals surface area contributed by atoms with Gasteiger partial charge in [0.15, 0.2) is 9.84 Å². The molecule has 112 valence electrons. The van der Waals surface area contributed by atoms with E-state index in [4.69, 9.17) is 5.73 Å². The quantitative estimate of drug-likeness (QED) is 0.835. The van der Waals surface area contributed by atoms with Crippen LogP contribution < -0.4 is 10.6 Å². The van der Waals surface area contributed by atoms with Gasteiger partial charge in [-0.15, -0.1) is 0 Å². The Morgan fingerprint density at radius 3 is 2.30 bits per heavy atom. The van der Waals surface area contributed by atoms with E-state index in [-0.39, 0.29) is 11.0 Å². The van der Waals surface area contributed by atoms with Gasteiger partial charge in [-0.2, -0.15) is 0 Å². The van der Waals surface area contributed by atoms with E-state index in [1.807, 2.05) is 24.3 Å². The Morgan fingerprint density at radius 2 is 1.85 bits per heavy atom. The fraction of sp³-hybridized carbons (Fsp3) is 0.600. The third-order valence-corrected chi connectivity index (χ3v) is 6.01. The summed E-state index contributed by atoms with van der Waals surface area (Å²) >= 11 is 0. The van der Waals surface area contributed by atoms with Crippen LogP contribution in [0.4, 0.5) is 5.69 Å². The largest absolute Gasteiger partial charge is 0.368 e. The first-order valence-corrected chi connectivity index (χ1v) is 8.93. The van der Waals surface area contributed by atoms with Crippen molar-refractivity contribution in [2.24, 2.45) is 5.73 Å². The highest BCUT2D eigenvalue weighted by Gasteiger charge is 2.30. The van der Waals surface area contributed by atoms with E-state index >= 15 is 0 Å². The third-order valence-electron chi connectivity index (χ3n) is 3.83. The van der Waals surface area contributed by atoms with Crippen LogP contribution in [0.2, 0.25) is 0 Å². The molecule has 2 rings (SSSR count). The average Bonchev–Trinajstić information content (AvgIpc) is 3.24. The molecule has 0 atom stereocenters. The Hall–Kier alpha value is -1.07. The first kappa shape index (κ1) is 15.3. The van der Waals surface area contributed by atoms with Gasteiger partial charge in [0.05, 0.1) is 11.0 Å². The van der Waals surface area contributed by atoms with Crippen LogP contribution in [-0.2, 0) is 16.4 Å². The Balaban J connectivity index is 2.07. The molecule has 1 aliphatic rings. The molecule has 1 saturated carbocycles. The second kappa shape index (κ2) is 6.14. The van der Waals surface area contributed by atoms with Crippen molar-refractivity contribution < 1.29 is 8.42 Å². The van der Waals surface area contributed by atoms with Crippen molar-refractivity contribution in [3.05, 3.63) is 29.8 Å². The summed E-state index contributed by atoms with van der Waals surface area (Å²) in [6.45, 7) is 4.60. The molecule has 1 aliphatic carbocycles. The van der Waals surface area contributed by atoms with Gasteiger partial charge in [0.2, 0.25) is 0 Å². The van der Waals surface area contributed by atoms with Crippen LogP contribution in [0.1, 0.15) is 32.3 Å². The Labute approximate surface area is 121 Å². The lowest BCUT2D eigenvalue weighted by atomic mass is 10.2. The predicted molar refractivity (Wildman–Crippen MR) is 83.6 cm³/mol. The fourth-order valence-electron chi connectivity index (χ4n) is 2.19. The van der Waals surface area contributed by atoms with Crippen LogP contribution >= 0.6 is 0 Å². The second-order valence-corrected chi connectivity index (χ2v) is 8.39. The number of nitrogens with zero attached hydrogens (tertiary/aromatic N) is 1. The first-order chi connectivity index (χ1) is 9.44. The van der Waals surface area contributed by atoms with Crippen LogP contribution in [-0.4, -0.2) is 32.0 Å². The van der Waals surface area contributed by atoms with Gasteiger partial charge >= 0.3 is 0 Å². The molecule has 0 aromatic heterocycles. The van der Waals surface area contributed by atoms with Gasteiger partial charge in [-0.05, 0) is 44.4 Å². The smallest absolute Gasteiger partial charge is 0.154 e. The summed E-state index contributed by atoms with van der Waals surface area (Å²) < 4.78 is 23.9. The molecule has 0 amide bonds. The van der Waals surface area contributed by atoms with Gasteiger partial charge in [-0.25, -0.2) is 8.42 Å². The third kappa shape index (κ3) is 3.73. The van der Waals surface area contributed by atoms with Crippen LogP contribution in [0.5, 0.6) is 0 Å². The molecule has 0 saturated heterocycles. The molecule has 1 aromatic carbocycles. The number of nitrogens with two attached hydrogens (primary N) is 1. The Kier molecular flexibility index (Phi) is 4.70. The second-order valence-electron chi connectivity index (χ2n) is 5.71. The van der Waals surface area contributed by atoms with Crippen molar-refractivity contribution in [3.8, 4) is 0 Å². The minimum absolute atomic E-state index is 0.222. The van der Waals surface area contributed by atoms with Crippen molar-refractivity contribution in [2.75, 3.05) is 17.2 Å². The lowest BCUT2D eigenvalue weighted by molar-refractivity contribution is 0.585. The molecular formula is C15H24N2O2S. The fourth-order valence-corrected chi connectivity index (χ4v) is 3.12. The minimum atomic E-state index is -2.98. The van der Waals surface area contributed by atoms with Crippen LogP contribution in [0.15, 0.2) is 24.3 Å². The van der Waals surface area contributed by atoms with E-state index in [1.54, 1.807) is 13.8 Å². The number of anilines is 1. The van der Waals surface area contributed by atoms with Crippen molar-refractivity contribution in [2.45, 2.75) is 44.5 Å². The summed E-state index contributed by atoms with van der Waals surface area (Å²) in [5, 5.41) is -0.303.